The molecule has 0 bridgehead atoms. The lowest BCUT2D eigenvalue weighted by molar-refractivity contribution is -0.142. The molecule has 3 unspecified atom stereocenters. The van der Waals surface area contributed by atoms with Crippen LogP contribution in [-0.2, 0) is 14.3 Å². The van der Waals surface area contributed by atoms with Gasteiger partial charge in [0, 0.05) is 12.1 Å². The third-order valence-electron chi connectivity index (χ3n) is 7.63. The summed E-state index contributed by atoms with van der Waals surface area (Å²) < 4.78 is 5.52. The molecule has 7 nitrogen and oxygen atoms in total. The van der Waals surface area contributed by atoms with Gasteiger partial charge >= 0.3 is 6.09 Å². The number of amides is 3. The van der Waals surface area contributed by atoms with Gasteiger partial charge in [0.1, 0.15) is 17.7 Å². The monoisotopic (exact) mass is 623 g/mol. The largest absolute Gasteiger partial charge is 0.444 e. The molecule has 8 heteroatoms. The molecule has 3 atom stereocenters. The minimum Gasteiger partial charge on any atom is -0.444 e. The van der Waals surface area contributed by atoms with Crippen LogP contribution < -0.4 is 10.6 Å². The molecule has 0 fully saturated rings. The number of anilines is 1. The highest BCUT2D eigenvalue weighted by atomic mass is 35.5. The molecule has 0 aromatic heterocycles. The molecular formula is C36H50ClN3O4. The lowest BCUT2D eigenvalue weighted by atomic mass is 9.93. The molecule has 0 aliphatic rings. The summed E-state index contributed by atoms with van der Waals surface area (Å²) in [5.41, 5.74) is 1.54. The SMILES string of the molecule is C#Cc1ccccc1C(C(=O)Nc1c(C)cccc1Cl)N(CCCCCCCC)C(=O)C(NC(=O)OC(C)(C)C)C(C)CC. The number of ether oxygens (including phenoxy) is 1. The summed E-state index contributed by atoms with van der Waals surface area (Å²) in [5, 5.41) is 6.20. The number of nitrogens with one attached hydrogen (secondary N) is 2. The molecule has 240 valence electrons. The van der Waals surface area contributed by atoms with Crippen molar-refractivity contribution in [3.8, 4) is 12.3 Å². The number of halogens is 1. The van der Waals surface area contributed by atoms with Crippen LogP contribution in [-0.4, -0.2) is 41.0 Å². The highest BCUT2D eigenvalue weighted by Crippen LogP contribution is 2.31. The van der Waals surface area contributed by atoms with Gasteiger partial charge < -0.3 is 20.3 Å². The van der Waals surface area contributed by atoms with Crippen LogP contribution in [0.2, 0.25) is 5.02 Å². The minimum absolute atomic E-state index is 0.237. The van der Waals surface area contributed by atoms with Crippen molar-refractivity contribution in [1.82, 2.24) is 10.2 Å². The Morgan fingerprint density at radius 2 is 1.66 bits per heavy atom. The van der Waals surface area contributed by atoms with Gasteiger partial charge in [-0.05, 0) is 63.3 Å². The van der Waals surface area contributed by atoms with E-state index in [0.717, 1.165) is 37.7 Å². The fraction of sp³-hybridized carbons (Fsp3) is 0.528. The van der Waals surface area contributed by atoms with Gasteiger partial charge in [-0.1, -0.05) is 107 Å². The predicted octanol–water partition coefficient (Wildman–Crippen LogP) is 8.44. The Bertz CT molecular complexity index is 1280. The van der Waals surface area contributed by atoms with Crippen molar-refractivity contribution in [2.75, 3.05) is 11.9 Å². The Labute approximate surface area is 269 Å². The fourth-order valence-corrected chi connectivity index (χ4v) is 5.29. The average molecular weight is 624 g/mol. The van der Waals surface area contributed by atoms with Crippen LogP contribution >= 0.6 is 11.6 Å². The van der Waals surface area contributed by atoms with Crippen molar-refractivity contribution in [2.45, 2.75) is 111 Å². The van der Waals surface area contributed by atoms with Crippen molar-refractivity contribution in [3.05, 3.63) is 64.2 Å². The average Bonchev–Trinajstić information content (AvgIpc) is 2.97. The predicted molar refractivity (Wildman–Crippen MR) is 180 cm³/mol. The summed E-state index contributed by atoms with van der Waals surface area (Å²) >= 11 is 6.50. The summed E-state index contributed by atoms with van der Waals surface area (Å²) in [4.78, 5) is 43.5. The van der Waals surface area contributed by atoms with E-state index in [0.29, 0.717) is 41.2 Å². The second kappa shape index (κ2) is 17.7. The lowest BCUT2D eigenvalue weighted by Crippen LogP contribution is -2.55. The molecule has 0 heterocycles. The number of aryl methyl sites for hydroxylation is 1. The van der Waals surface area contributed by atoms with Crippen LogP contribution in [0.4, 0.5) is 10.5 Å². The Kier molecular flexibility index (Phi) is 14.8. The molecule has 2 aromatic carbocycles. The van der Waals surface area contributed by atoms with E-state index in [4.69, 9.17) is 22.8 Å². The molecule has 0 aliphatic carbocycles. The first-order valence-electron chi connectivity index (χ1n) is 15.8. The van der Waals surface area contributed by atoms with Gasteiger partial charge in [0.15, 0.2) is 0 Å². The van der Waals surface area contributed by atoms with Gasteiger partial charge in [-0.25, -0.2) is 4.79 Å². The van der Waals surface area contributed by atoms with Crippen molar-refractivity contribution < 1.29 is 19.1 Å². The van der Waals surface area contributed by atoms with Crippen LogP contribution in [0.25, 0.3) is 0 Å². The van der Waals surface area contributed by atoms with Crippen LogP contribution in [0, 0.1) is 25.2 Å². The maximum Gasteiger partial charge on any atom is 0.408 e. The number of terminal acetylenes is 1. The molecule has 2 rings (SSSR count). The van der Waals surface area contributed by atoms with Crippen LogP contribution in [0.5, 0.6) is 0 Å². The quantitative estimate of drug-likeness (QED) is 0.154. The van der Waals surface area contributed by atoms with Crippen LogP contribution in [0.1, 0.15) is 109 Å². The number of para-hydroxylation sites is 1. The summed E-state index contributed by atoms with van der Waals surface area (Å²) in [6.07, 6.45) is 11.8. The number of unbranched alkanes of at least 4 members (excludes halogenated alkanes) is 5. The highest BCUT2D eigenvalue weighted by molar-refractivity contribution is 6.34. The normalized spacial score (nSPS) is 13.2. The Morgan fingerprint density at radius 1 is 1.00 bits per heavy atom. The number of rotatable bonds is 15. The topological polar surface area (TPSA) is 87.7 Å². The first-order chi connectivity index (χ1) is 20.8. The molecule has 0 aliphatic heterocycles. The Morgan fingerprint density at radius 3 is 2.27 bits per heavy atom. The third kappa shape index (κ3) is 10.9. The van der Waals surface area contributed by atoms with Gasteiger partial charge in [-0.3, -0.25) is 9.59 Å². The lowest BCUT2D eigenvalue weighted by Gasteiger charge is -2.36. The summed E-state index contributed by atoms with van der Waals surface area (Å²) in [7, 11) is 0. The second-order valence-corrected chi connectivity index (χ2v) is 12.8. The van der Waals surface area contributed by atoms with Crippen LogP contribution in [0.15, 0.2) is 42.5 Å². The number of benzene rings is 2. The van der Waals surface area contributed by atoms with E-state index in [1.54, 1.807) is 56.0 Å². The molecule has 0 saturated carbocycles. The summed E-state index contributed by atoms with van der Waals surface area (Å²) in [5.74, 6) is 1.64. The number of hydrogen-bond donors (Lipinski definition) is 2. The first kappa shape index (κ1) is 36.7. The van der Waals surface area contributed by atoms with Crippen LogP contribution in [0.3, 0.4) is 0 Å². The van der Waals surface area contributed by atoms with Gasteiger partial charge in [0.2, 0.25) is 5.91 Å². The van der Waals surface area contributed by atoms with E-state index < -0.39 is 29.7 Å². The van der Waals surface area contributed by atoms with Crippen molar-refractivity contribution in [1.29, 1.82) is 0 Å². The summed E-state index contributed by atoms with van der Waals surface area (Å²) in [6.45, 7) is 13.5. The van der Waals surface area contributed by atoms with E-state index in [9.17, 15) is 14.4 Å². The third-order valence-corrected chi connectivity index (χ3v) is 7.94. The molecule has 0 saturated heterocycles. The Balaban J connectivity index is 2.64. The molecule has 0 spiro atoms. The number of nitrogens with zero attached hydrogens (tertiary/aromatic N) is 1. The van der Waals surface area contributed by atoms with E-state index in [1.165, 1.54) is 0 Å². The van der Waals surface area contributed by atoms with E-state index >= 15 is 0 Å². The molecule has 0 radical (unpaired) electrons. The molecular weight excluding hydrogens is 574 g/mol. The maximum absolute atomic E-state index is 14.6. The molecule has 3 amide bonds. The Hall–Kier alpha value is -3.50. The minimum atomic E-state index is -1.08. The second-order valence-electron chi connectivity index (χ2n) is 12.4. The summed E-state index contributed by atoms with van der Waals surface area (Å²) in [6, 6.07) is 10.5. The zero-order valence-electron chi connectivity index (χ0n) is 27.5. The van der Waals surface area contributed by atoms with Gasteiger partial charge in [0.05, 0.1) is 10.7 Å². The number of hydrogen-bond acceptors (Lipinski definition) is 4. The molecule has 44 heavy (non-hydrogen) atoms. The fourth-order valence-electron chi connectivity index (χ4n) is 5.02. The van der Waals surface area contributed by atoms with Crippen molar-refractivity contribution >= 4 is 35.2 Å². The standard InChI is InChI=1S/C36H50ClN3O4/c1-9-12-13-14-15-18-24-40(34(42)31(25(4)10-2)39-35(43)44-36(6,7)8)32(28-22-17-16-21-27(28)11-3)33(41)38-30-26(5)20-19-23-29(30)37/h3,16-17,19-23,25,31-32H,9-10,12-15,18,24H2,1-2,4-8H3,(H,38,41)(H,39,43). The first-order valence-corrected chi connectivity index (χ1v) is 16.1. The molecule has 2 N–H and O–H groups in total. The zero-order valence-corrected chi connectivity index (χ0v) is 28.2. The van der Waals surface area contributed by atoms with Crippen molar-refractivity contribution in [2.24, 2.45) is 5.92 Å². The maximum atomic E-state index is 14.6. The van der Waals surface area contributed by atoms with Gasteiger partial charge in [-0.15, -0.1) is 6.42 Å². The zero-order chi connectivity index (χ0) is 32.9. The highest BCUT2D eigenvalue weighted by Gasteiger charge is 2.39. The van der Waals surface area contributed by atoms with Gasteiger partial charge in [0.25, 0.3) is 5.91 Å². The number of carbonyl (C=O) groups excluding carboxylic acids is 3. The number of alkyl carbamates (subject to hydrolysis) is 1. The van der Waals surface area contributed by atoms with E-state index in [2.05, 4.69) is 23.5 Å². The number of carbonyl (C=O) groups is 3. The van der Waals surface area contributed by atoms with E-state index in [1.807, 2.05) is 32.9 Å². The molecule has 2 aromatic rings. The van der Waals surface area contributed by atoms with Gasteiger partial charge in [-0.2, -0.15) is 0 Å². The smallest absolute Gasteiger partial charge is 0.408 e. The van der Waals surface area contributed by atoms with Crippen molar-refractivity contribution in [3.63, 3.8) is 0 Å². The van der Waals surface area contributed by atoms with E-state index in [-0.39, 0.29) is 11.8 Å².